The number of aromatic nitrogens is 2. The van der Waals surface area contributed by atoms with Crippen LogP contribution >= 0.6 is 0 Å². The minimum absolute atomic E-state index is 0.0389. The van der Waals surface area contributed by atoms with Crippen molar-refractivity contribution in [3.63, 3.8) is 0 Å². The normalized spacial score (nSPS) is 16.6. The van der Waals surface area contributed by atoms with Crippen LogP contribution in [0.4, 0.5) is 0 Å². The van der Waals surface area contributed by atoms with Crippen LogP contribution in [-0.4, -0.2) is 57.6 Å². The van der Waals surface area contributed by atoms with Gasteiger partial charge in [0.25, 0.3) is 5.91 Å². The number of amides is 2. The average molecular weight is 429 g/mol. The molecule has 0 N–H and O–H groups in total. The summed E-state index contributed by atoms with van der Waals surface area (Å²) in [5, 5.41) is 4.26. The maximum atomic E-state index is 13.4. The van der Waals surface area contributed by atoms with E-state index in [9.17, 15) is 9.59 Å². The largest absolute Gasteiger partial charge is 0.339 e. The number of hydrogen-bond donors (Lipinski definition) is 0. The van der Waals surface area contributed by atoms with Gasteiger partial charge in [0.1, 0.15) is 0 Å². The highest BCUT2D eigenvalue weighted by molar-refractivity contribution is 6.01. The molecule has 2 heterocycles. The van der Waals surface area contributed by atoms with Gasteiger partial charge < -0.3 is 9.80 Å². The van der Waals surface area contributed by atoms with Crippen molar-refractivity contribution in [1.82, 2.24) is 19.6 Å². The predicted octanol–water partition coefficient (Wildman–Crippen LogP) is 3.68. The molecule has 0 atom stereocenters. The SMILES string of the molecule is O=C(c1ccccc1-c1ccc(Cn2cccn2)cc1)N1CCN(C(=O)C2CCC2)CC1. The van der Waals surface area contributed by atoms with E-state index < -0.39 is 0 Å². The molecule has 0 bridgehead atoms. The van der Waals surface area contributed by atoms with E-state index >= 15 is 0 Å². The van der Waals surface area contributed by atoms with Gasteiger partial charge in [0.2, 0.25) is 5.91 Å². The number of carbonyl (C=O) groups is 2. The molecule has 0 spiro atoms. The number of rotatable bonds is 5. The first kappa shape index (κ1) is 20.5. The molecule has 5 rings (SSSR count). The summed E-state index contributed by atoms with van der Waals surface area (Å²) in [7, 11) is 0. The average Bonchev–Trinajstić information content (AvgIpc) is 3.31. The molecule has 2 fully saturated rings. The lowest BCUT2D eigenvalue weighted by Crippen LogP contribution is -2.52. The van der Waals surface area contributed by atoms with E-state index in [1.54, 1.807) is 6.20 Å². The summed E-state index contributed by atoms with van der Waals surface area (Å²) in [6, 6.07) is 18.0. The van der Waals surface area contributed by atoms with E-state index in [-0.39, 0.29) is 17.7 Å². The van der Waals surface area contributed by atoms with Gasteiger partial charge in [-0.25, -0.2) is 0 Å². The van der Waals surface area contributed by atoms with Crippen LogP contribution in [0.5, 0.6) is 0 Å². The fraction of sp³-hybridized carbons (Fsp3) is 0.346. The molecule has 1 saturated carbocycles. The van der Waals surface area contributed by atoms with Gasteiger partial charge in [0, 0.05) is 50.1 Å². The van der Waals surface area contributed by atoms with Crippen molar-refractivity contribution in [2.45, 2.75) is 25.8 Å². The summed E-state index contributed by atoms with van der Waals surface area (Å²) in [6.45, 7) is 3.16. The van der Waals surface area contributed by atoms with Crippen LogP contribution in [0, 0.1) is 5.92 Å². The Labute approximate surface area is 188 Å². The highest BCUT2D eigenvalue weighted by atomic mass is 16.2. The molecule has 6 nitrogen and oxygen atoms in total. The zero-order valence-corrected chi connectivity index (χ0v) is 18.2. The summed E-state index contributed by atoms with van der Waals surface area (Å²) in [6.07, 6.45) is 6.93. The maximum Gasteiger partial charge on any atom is 0.254 e. The molecule has 0 radical (unpaired) electrons. The smallest absolute Gasteiger partial charge is 0.254 e. The Morgan fingerprint density at radius 1 is 0.875 bits per heavy atom. The van der Waals surface area contributed by atoms with Crippen molar-refractivity contribution in [1.29, 1.82) is 0 Å². The van der Waals surface area contributed by atoms with Gasteiger partial charge in [-0.3, -0.25) is 14.3 Å². The Balaban J connectivity index is 1.28. The van der Waals surface area contributed by atoms with Crippen molar-refractivity contribution in [3.05, 3.63) is 78.1 Å². The van der Waals surface area contributed by atoms with Crippen molar-refractivity contribution in [3.8, 4) is 11.1 Å². The monoisotopic (exact) mass is 428 g/mol. The molecule has 2 amide bonds. The summed E-state index contributed by atoms with van der Waals surface area (Å²) in [4.78, 5) is 29.7. The first-order valence-electron chi connectivity index (χ1n) is 11.4. The van der Waals surface area contributed by atoms with Crippen molar-refractivity contribution < 1.29 is 9.59 Å². The number of hydrogen-bond acceptors (Lipinski definition) is 3. The minimum atomic E-state index is 0.0389. The van der Waals surface area contributed by atoms with E-state index in [4.69, 9.17) is 0 Å². The molecule has 2 aromatic carbocycles. The molecular formula is C26H28N4O2. The summed E-state index contributed by atoms with van der Waals surface area (Å²) in [5.41, 5.74) is 3.84. The zero-order valence-electron chi connectivity index (χ0n) is 18.2. The second kappa shape index (κ2) is 8.99. The number of carbonyl (C=O) groups excluding carboxylic acids is 2. The third-order valence-electron chi connectivity index (χ3n) is 6.66. The quantitative estimate of drug-likeness (QED) is 0.623. The van der Waals surface area contributed by atoms with Crippen molar-refractivity contribution in [2.24, 2.45) is 5.92 Å². The van der Waals surface area contributed by atoms with E-state index in [0.29, 0.717) is 31.7 Å². The first-order chi connectivity index (χ1) is 15.7. The molecule has 32 heavy (non-hydrogen) atoms. The molecular weight excluding hydrogens is 400 g/mol. The Morgan fingerprint density at radius 3 is 2.25 bits per heavy atom. The molecule has 6 heteroatoms. The first-order valence-corrected chi connectivity index (χ1v) is 11.4. The van der Waals surface area contributed by atoms with E-state index in [2.05, 4.69) is 29.4 Å². The van der Waals surface area contributed by atoms with Gasteiger partial charge in [-0.1, -0.05) is 48.9 Å². The van der Waals surface area contributed by atoms with Crippen LogP contribution < -0.4 is 0 Å². The number of piperazine rings is 1. The Hall–Kier alpha value is -3.41. The molecule has 0 unspecified atom stereocenters. The fourth-order valence-corrected chi connectivity index (χ4v) is 4.51. The molecule has 1 aliphatic carbocycles. The third kappa shape index (κ3) is 4.17. The lowest BCUT2D eigenvalue weighted by Gasteiger charge is -2.38. The molecule has 1 saturated heterocycles. The summed E-state index contributed by atoms with van der Waals surface area (Å²) < 4.78 is 1.89. The molecule has 3 aromatic rings. The lowest BCUT2D eigenvalue weighted by molar-refractivity contribution is -0.139. The second-order valence-corrected chi connectivity index (χ2v) is 8.69. The van der Waals surface area contributed by atoms with Crippen LogP contribution in [0.25, 0.3) is 11.1 Å². The highest BCUT2D eigenvalue weighted by Crippen LogP contribution is 2.29. The van der Waals surface area contributed by atoms with E-state index in [0.717, 1.165) is 42.5 Å². The van der Waals surface area contributed by atoms with E-state index in [1.165, 1.54) is 0 Å². The van der Waals surface area contributed by atoms with E-state index in [1.807, 2.05) is 51.0 Å². The van der Waals surface area contributed by atoms with Crippen LogP contribution in [0.15, 0.2) is 67.0 Å². The molecule has 164 valence electrons. The van der Waals surface area contributed by atoms with Crippen molar-refractivity contribution >= 4 is 11.8 Å². The van der Waals surface area contributed by atoms with Crippen LogP contribution in [-0.2, 0) is 11.3 Å². The van der Waals surface area contributed by atoms with Gasteiger partial charge in [0.15, 0.2) is 0 Å². The summed E-state index contributed by atoms with van der Waals surface area (Å²) in [5.74, 6) is 0.533. The predicted molar refractivity (Wildman–Crippen MR) is 123 cm³/mol. The minimum Gasteiger partial charge on any atom is -0.339 e. The van der Waals surface area contributed by atoms with Gasteiger partial charge in [-0.2, -0.15) is 5.10 Å². The number of benzene rings is 2. The standard InChI is InChI=1S/C26H28N4O2/c31-25(22-5-3-6-22)28-15-17-29(18-16-28)26(32)24-8-2-1-7-23(24)21-11-9-20(10-12-21)19-30-14-4-13-27-30/h1-2,4,7-14,22H,3,5-6,15-19H2. The zero-order chi connectivity index (χ0) is 21.9. The summed E-state index contributed by atoms with van der Waals surface area (Å²) >= 11 is 0. The Morgan fingerprint density at radius 2 is 1.59 bits per heavy atom. The molecule has 2 aliphatic rings. The van der Waals surface area contributed by atoms with Crippen molar-refractivity contribution in [2.75, 3.05) is 26.2 Å². The second-order valence-electron chi connectivity index (χ2n) is 8.69. The van der Waals surface area contributed by atoms with Crippen LogP contribution in [0.1, 0.15) is 35.2 Å². The Bertz CT molecular complexity index is 1080. The highest BCUT2D eigenvalue weighted by Gasteiger charge is 2.32. The van der Waals surface area contributed by atoms with Gasteiger partial charge in [-0.05, 0) is 41.7 Å². The van der Waals surface area contributed by atoms with Crippen LogP contribution in [0.3, 0.4) is 0 Å². The fourth-order valence-electron chi connectivity index (χ4n) is 4.51. The third-order valence-corrected chi connectivity index (χ3v) is 6.66. The van der Waals surface area contributed by atoms with Gasteiger partial charge in [-0.15, -0.1) is 0 Å². The molecule has 1 aliphatic heterocycles. The van der Waals surface area contributed by atoms with Gasteiger partial charge in [0.05, 0.1) is 6.54 Å². The van der Waals surface area contributed by atoms with Gasteiger partial charge >= 0.3 is 0 Å². The topological polar surface area (TPSA) is 58.4 Å². The maximum absolute atomic E-state index is 13.4. The Kier molecular flexibility index (Phi) is 5.75. The lowest BCUT2D eigenvalue weighted by atomic mass is 9.84. The van der Waals surface area contributed by atoms with Crippen LogP contribution in [0.2, 0.25) is 0 Å². The molecule has 1 aromatic heterocycles. The number of nitrogens with zero attached hydrogens (tertiary/aromatic N) is 4.